The summed E-state index contributed by atoms with van der Waals surface area (Å²) in [5.74, 6) is 2.16. The van der Waals surface area contributed by atoms with E-state index in [4.69, 9.17) is 9.47 Å². The molecule has 0 atom stereocenters. The highest BCUT2D eigenvalue weighted by Crippen LogP contribution is 2.36. The maximum absolute atomic E-state index is 12.6. The number of methoxy groups -OCH3 is 1. The molecule has 3 aromatic heterocycles. The topological polar surface area (TPSA) is 144 Å². The maximum atomic E-state index is 12.6. The molecule has 0 saturated carbocycles. The Balaban J connectivity index is 1.43. The van der Waals surface area contributed by atoms with E-state index in [1.54, 1.807) is 38.4 Å². The Bertz CT molecular complexity index is 1420. The predicted octanol–water partition coefficient (Wildman–Crippen LogP) is 2.36. The van der Waals surface area contributed by atoms with E-state index in [9.17, 15) is 4.79 Å². The van der Waals surface area contributed by atoms with Gasteiger partial charge in [-0.2, -0.15) is 10.1 Å². The van der Waals surface area contributed by atoms with E-state index in [1.807, 2.05) is 30.3 Å². The maximum Gasteiger partial charge on any atom is 0.256 e. The number of carbonyl (C=O) groups excluding carboxylic acids is 1. The van der Waals surface area contributed by atoms with Gasteiger partial charge in [-0.3, -0.25) is 9.48 Å². The fourth-order valence-corrected chi connectivity index (χ4v) is 4.03. The number of morpholine rings is 1. The number of ether oxygens (including phenoxy) is 2. The summed E-state index contributed by atoms with van der Waals surface area (Å²) >= 11 is 0. The van der Waals surface area contributed by atoms with Gasteiger partial charge >= 0.3 is 0 Å². The van der Waals surface area contributed by atoms with Gasteiger partial charge in [0.15, 0.2) is 11.6 Å². The van der Waals surface area contributed by atoms with E-state index in [2.05, 4.69) is 45.9 Å². The largest absolute Gasteiger partial charge is 0.494 e. The molecule has 13 nitrogen and oxygen atoms in total. The van der Waals surface area contributed by atoms with Crippen molar-refractivity contribution in [1.29, 1.82) is 0 Å². The lowest BCUT2D eigenvalue weighted by Crippen LogP contribution is -2.36. The molecule has 1 amide bonds. The van der Waals surface area contributed by atoms with Gasteiger partial charge < -0.3 is 30.3 Å². The minimum Gasteiger partial charge on any atom is -0.494 e. The second-order valence-electron chi connectivity index (χ2n) is 8.42. The van der Waals surface area contributed by atoms with Crippen molar-refractivity contribution in [1.82, 2.24) is 35.0 Å². The summed E-state index contributed by atoms with van der Waals surface area (Å²) in [4.78, 5) is 32.6. The van der Waals surface area contributed by atoms with Crippen LogP contribution in [0.3, 0.4) is 0 Å². The number of aryl methyl sites for hydroxylation is 1. The van der Waals surface area contributed by atoms with Crippen LogP contribution in [0.25, 0.3) is 11.4 Å². The normalized spacial score (nSPS) is 13.2. The summed E-state index contributed by atoms with van der Waals surface area (Å²) in [6.07, 6.45) is 4.80. The van der Waals surface area contributed by atoms with Crippen molar-refractivity contribution in [3.05, 3.63) is 54.6 Å². The monoisotopic (exact) mass is 516 g/mol. The molecule has 0 unspecified atom stereocenters. The van der Waals surface area contributed by atoms with Gasteiger partial charge in [0, 0.05) is 33.4 Å². The first-order valence-corrected chi connectivity index (χ1v) is 12.0. The van der Waals surface area contributed by atoms with E-state index in [0.29, 0.717) is 53.5 Å². The summed E-state index contributed by atoms with van der Waals surface area (Å²) in [6.45, 7) is 2.99. The highest BCUT2D eigenvalue weighted by atomic mass is 16.5. The molecule has 3 N–H and O–H groups in total. The first kappa shape index (κ1) is 24.9. The number of hydrogen-bond donors (Lipinski definition) is 3. The lowest BCUT2D eigenvalue weighted by molar-refractivity contribution is 0.0963. The molecule has 38 heavy (non-hydrogen) atoms. The molecule has 0 spiro atoms. The van der Waals surface area contributed by atoms with Crippen LogP contribution in [-0.4, -0.2) is 76.1 Å². The fourth-order valence-electron chi connectivity index (χ4n) is 4.03. The van der Waals surface area contributed by atoms with Crippen molar-refractivity contribution >= 4 is 34.9 Å². The van der Waals surface area contributed by atoms with Crippen molar-refractivity contribution in [3.8, 4) is 17.1 Å². The fraction of sp³-hybridized carbons (Fsp3) is 0.280. The molecule has 0 aliphatic carbocycles. The first-order chi connectivity index (χ1) is 18.6. The molecule has 0 bridgehead atoms. The molecule has 1 aliphatic rings. The Morgan fingerprint density at radius 2 is 1.89 bits per heavy atom. The van der Waals surface area contributed by atoms with Crippen molar-refractivity contribution in [2.75, 3.05) is 56.0 Å². The van der Waals surface area contributed by atoms with Gasteiger partial charge in [0.05, 0.1) is 43.5 Å². The molecule has 4 heterocycles. The Morgan fingerprint density at radius 3 is 2.58 bits per heavy atom. The van der Waals surface area contributed by atoms with Gasteiger partial charge in [-0.1, -0.05) is 6.07 Å². The molecule has 1 fully saturated rings. The zero-order valence-corrected chi connectivity index (χ0v) is 21.3. The number of benzene rings is 1. The summed E-state index contributed by atoms with van der Waals surface area (Å²) in [6, 6.07) is 9.38. The van der Waals surface area contributed by atoms with E-state index in [-0.39, 0.29) is 11.5 Å². The molecule has 1 aliphatic heterocycles. The minimum atomic E-state index is -0.336. The minimum absolute atomic E-state index is 0.266. The van der Waals surface area contributed by atoms with Gasteiger partial charge in [-0.15, -0.1) is 0 Å². The molecule has 13 heteroatoms. The van der Waals surface area contributed by atoms with Crippen LogP contribution in [-0.2, 0) is 11.8 Å². The average Bonchev–Trinajstić information content (AvgIpc) is 3.39. The van der Waals surface area contributed by atoms with Gasteiger partial charge in [-0.05, 0) is 24.3 Å². The van der Waals surface area contributed by atoms with Crippen LogP contribution in [0, 0.1) is 0 Å². The molecule has 0 radical (unpaired) electrons. The van der Waals surface area contributed by atoms with Crippen LogP contribution in [0.2, 0.25) is 0 Å². The molecule has 4 aromatic rings. The summed E-state index contributed by atoms with van der Waals surface area (Å²) in [5, 5.41) is 13.4. The number of anilines is 5. The van der Waals surface area contributed by atoms with Crippen molar-refractivity contribution < 1.29 is 14.3 Å². The lowest BCUT2D eigenvalue weighted by atomic mass is 10.1. The Kier molecular flexibility index (Phi) is 7.26. The highest BCUT2D eigenvalue weighted by molar-refractivity contribution is 5.99. The molecule has 1 saturated heterocycles. The van der Waals surface area contributed by atoms with E-state index in [0.717, 1.165) is 18.9 Å². The Morgan fingerprint density at radius 1 is 1.05 bits per heavy atom. The number of aromatic nitrogens is 6. The van der Waals surface area contributed by atoms with E-state index >= 15 is 0 Å². The van der Waals surface area contributed by atoms with Gasteiger partial charge in [0.1, 0.15) is 23.5 Å². The lowest BCUT2D eigenvalue weighted by Gasteiger charge is -2.27. The average molecular weight is 517 g/mol. The van der Waals surface area contributed by atoms with Crippen LogP contribution in [0.5, 0.6) is 5.75 Å². The van der Waals surface area contributed by atoms with Crippen LogP contribution in [0.1, 0.15) is 10.4 Å². The van der Waals surface area contributed by atoms with Crippen LogP contribution in [0.15, 0.2) is 49.1 Å². The standard InChI is InChI=1S/C25H28N10O3/c1-26-24(36)18-14-28-25(30-16-7-8-20(27-13-16)35-9-11-38-12-10-35)32-23(18)31-19-6-4-5-17(21(19)37-3)22-29-15-34(2)33-22/h4-8,13-15H,9-12H2,1-3H3,(H,26,36)(H2,28,30,31,32). The first-order valence-electron chi connectivity index (χ1n) is 12.0. The zero-order chi connectivity index (χ0) is 26.5. The SMILES string of the molecule is CNC(=O)c1cnc(Nc2ccc(N3CCOCC3)nc2)nc1Nc1cccc(-c2ncn(C)n2)c1OC. The van der Waals surface area contributed by atoms with Gasteiger partial charge in [0.25, 0.3) is 5.91 Å². The van der Waals surface area contributed by atoms with Gasteiger partial charge in [0.2, 0.25) is 5.95 Å². The number of nitrogens with zero attached hydrogens (tertiary/aromatic N) is 7. The van der Waals surface area contributed by atoms with E-state index in [1.165, 1.54) is 6.20 Å². The van der Waals surface area contributed by atoms with Crippen LogP contribution in [0.4, 0.5) is 29.0 Å². The number of amides is 1. The summed E-state index contributed by atoms with van der Waals surface area (Å²) < 4.78 is 12.7. The molecule has 196 valence electrons. The number of pyridine rings is 1. The highest BCUT2D eigenvalue weighted by Gasteiger charge is 2.19. The molecular weight excluding hydrogens is 488 g/mol. The van der Waals surface area contributed by atoms with Crippen molar-refractivity contribution in [2.45, 2.75) is 0 Å². The third-order valence-corrected chi connectivity index (χ3v) is 5.91. The number of nitrogens with one attached hydrogen (secondary N) is 3. The third kappa shape index (κ3) is 5.32. The zero-order valence-electron chi connectivity index (χ0n) is 21.3. The van der Waals surface area contributed by atoms with Crippen LogP contribution < -0.4 is 25.6 Å². The Labute approximate surface area is 219 Å². The van der Waals surface area contributed by atoms with Crippen LogP contribution >= 0.6 is 0 Å². The number of carbonyl (C=O) groups is 1. The van der Waals surface area contributed by atoms with E-state index < -0.39 is 0 Å². The Hall–Kier alpha value is -4.78. The van der Waals surface area contributed by atoms with Crippen molar-refractivity contribution in [3.63, 3.8) is 0 Å². The number of hydrogen-bond acceptors (Lipinski definition) is 11. The third-order valence-electron chi connectivity index (χ3n) is 5.91. The number of rotatable bonds is 8. The molecule has 5 rings (SSSR count). The summed E-state index contributed by atoms with van der Waals surface area (Å²) in [7, 11) is 4.91. The predicted molar refractivity (Wildman–Crippen MR) is 142 cm³/mol. The van der Waals surface area contributed by atoms with Crippen molar-refractivity contribution in [2.24, 2.45) is 7.05 Å². The molecular formula is C25H28N10O3. The van der Waals surface area contributed by atoms with Gasteiger partial charge in [-0.25, -0.2) is 15.0 Å². The quantitative estimate of drug-likeness (QED) is 0.317. The second kappa shape index (κ2) is 11.1. The molecule has 1 aromatic carbocycles. The second-order valence-corrected chi connectivity index (χ2v) is 8.42. The summed E-state index contributed by atoms with van der Waals surface area (Å²) in [5.41, 5.74) is 2.26. The number of para-hydroxylation sites is 1. The smallest absolute Gasteiger partial charge is 0.256 e.